The lowest BCUT2D eigenvalue weighted by atomic mass is 9.70. The number of anilines is 1. The van der Waals surface area contributed by atoms with Gasteiger partial charge in [0.2, 0.25) is 11.8 Å². The number of fused-ring (bicyclic) bond motifs is 3. The molecule has 0 spiro atoms. The Bertz CT molecular complexity index is 966. The fourth-order valence-electron chi connectivity index (χ4n) is 5.78. The van der Waals surface area contributed by atoms with Crippen LogP contribution in [-0.2, 0) is 16.0 Å². The van der Waals surface area contributed by atoms with E-state index in [0.29, 0.717) is 43.7 Å². The third kappa shape index (κ3) is 3.25. The molecule has 1 aliphatic carbocycles. The molecule has 0 aromatic heterocycles. The number of rotatable bonds is 4. The average Bonchev–Trinajstić information content (AvgIpc) is 3.49. The fourth-order valence-corrected chi connectivity index (χ4v) is 5.78. The van der Waals surface area contributed by atoms with E-state index < -0.39 is 23.1 Å². The second-order valence-electron chi connectivity index (χ2n) is 9.24. The first kappa shape index (κ1) is 20.2. The predicted octanol–water partition coefficient (Wildman–Crippen LogP) is 1.94. The lowest BCUT2D eigenvalue weighted by Gasteiger charge is -2.43. The molecule has 166 valence electrons. The maximum absolute atomic E-state index is 14.2. The molecular formula is C22H26F2N4O3. The summed E-state index contributed by atoms with van der Waals surface area (Å²) in [5.74, 6) is -1.28. The molecule has 1 saturated carbocycles. The number of nitrogens with zero attached hydrogens (tertiary/aromatic N) is 2. The van der Waals surface area contributed by atoms with E-state index in [1.54, 1.807) is 4.90 Å². The third-order valence-corrected chi connectivity index (χ3v) is 7.55. The van der Waals surface area contributed by atoms with Gasteiger partial charge in [-0.15, -0.1) is 0 Å². The Morgan fingerprint density at radius 1 is 1.23 bits per heavy atom. The summed E-state index contributed by atoms with van der Waals surface area (Å²) < 4.78 is 27.9. The fraction of sp³-hybridized carbons (Fsp3) is 0.591. The smallest absolute Gasteiger partial charge is 0.321 e. The minimum Gasteiger partial charge on any atom is -0.364 e. The van der Waals surface area contributed by atoms with Gasteiger partial charge < -0.3 is 15.1 Å². The van der Waals surface area contributed by atoms with Gasteiger partial charge in [-0.3, -0.25) is 14.9 Å². The van der Waals surface area contributed by atoms with Crippen molar-refractivity contribution in [2.45, 2.75) is 51.1 Å². The van der Waals surface area contributed by atoms with Crippen molar-refractivity contribution in [1.82, 2.24) is 15.5 Å². The van der Waals surface area contributed by atoms with Crippen molar-refractivity contribution in [3.05, 3.63) is 29.3 Å². The highest BCUT2D eigenvalue weighted by atomic mass is 19.1. The summed E-state index contributed by atoms with van der Waals surface area (Å²) in [7, 11) is 0. The minimum atomic E-state index is -0.754. The molecular weight excluding hydrogens is 406 g/mol. The van der Waals surface area contributed by atoms with E-state index in [1.165, 1.54) is 6.07 Å². The van der Waals surface area contributed by atoms with Gasteiger partial charge in [0.25, 0.3) is 0 Å². The maximum Gasteiger partial charge on any atom is 0.321 e. The highest BCUT2D eigenvalue weighted by molar-refractivity contribution is 6.01. The van der Waals surface area contributed by atoms with E-state index in [-0.39, 0.29) is 36.2 Å². The standard InChI is InChI=1S/C22H26F2N4O3/c1-12-22(13-2-3-13,20(30)26-21(31)25-12)5-4-19(29)27-6-7-28-15(11-27)10-16-17(24)8-14(23)9-18(16)28/h8-9,12-13,15H,2-7,10-11H2,1H3,(H2,25,26,30,31)/t12?,15?,22-/m0/s1. The summed E-state index contributed by atoms with van der Waals surface area (Å²) in [5.41, 5.74) is 0.345. The van der Waals surface area contributed by atoms with Crippen LogP contribution in [0.15, 0.2) is 12.1 Å². The Morgan fingerprint density at radius 3 is 2.71 bits per heavy atom. The summed E-state index contributed by atoms with van der Waals surface area (Å²) in [5, 5.41) is 5.20. The number of benzene rings is 1. The molecule has 7 nitrogen and oxygen atoms in total. The van der Waals surface area contributed by atoms with Crippen LogP contribution in [0.2, 0.25) is 0 Å². The Morgan fingerprint density at radius 2 is 2.00 bits per heavy atom. The first-order valence-corrected chi connectivity index (χ1v) is 10.9. The summed E-state index contributed by atoms with van der Waals surface area (Å²) in [6.45, 7) is 3.28. The number of nitrogens with one attached hydrogen (secondary N) is 2. The van der Waals surface area contributed by atoms with E-state index >= 15 is 0 Å². The first-order chi connectivity index (χ1) is 14.8. The normalized spacial score (nSPS) is 29.9. The number of halogens is 2. The third-order valence-electron chi connectivity index (χ3n) is 7.55. The van der Waals surface area contributed by atoms with Crippen LogP contribution in [0, 0.1) is 23.0 Å². The molecule has 2 N–H and O–H groups in total. The number of hydrogen-bond donors (Lipinski definition) is 2. The van der Waals surface area contributed by atoms with E-state index in [0.717, 1.165) is 18.9 Å². The molecule has 4 amide bonds. The molecule has 0 radical (unpaired) electrons. The van der Waals surface area contributed by atoms with Crippen LogP contribution >= 0.6 is 0 Å². The molecule has 1 aromatic carbocycles. The Hall–Kier alpha value is -2.71. The number of piperazine rings is 1. The van der Waals surface area contributed by atoms with Crippen LogP contribution in [0.1, 0.15) is 38.2 Å². The maximum atomic E-state index is 14.2. The van der Waals surface area contributed by atoms with Crippen molar-refractivity contribution in [3.8, 4) is 0 Å². The van der Waals surface area contributed by atoms with Crippen molar-refractivity contribution < 1.29 is 23.2 Å². The molecule has 3 aliphatic heterocycles. The molecule has 9 heteroatoms. The summed E-state index contributed by atoms with van der Waals surface area (Å²) in [6.07, 6.45) is 2.89. The van der Waals surface area contributed by atoms with E-state index in [1.807, 2.05) is 11.8 Å². The van der Waals surface area contributed by atoms with E-state index in [2.05, 4.69) is 10.6 Å². The average molecular weight is 432 g/mol. The molecule has 1 aromatic rings. The minimum absolute atomic E-state index is 0.0424. The molecule has 2 unspecified atom stereocenters. The van der Waals surface area contributed by atoms with Crippen molar-refractivity contribution in [3.63, 3.8) is 0 Å². The molecule has 2 saturated heterocycles. The molecule has 0 bridgehead atoms. The number of carbonyl (C=O) groups is 3. The summed E-state index contributed by atoms with van der Waals surface area (Å²) in [4.78, 5) is 41.2. The van der Waals surface area contributed by atoms with Crippen LogP contribution in [0.5, 0.6) is 0 Å². The van der Waals surface area contributed by atoms with E-state index in [9.17, 15) is 23.2 Å². The van der Waals surface area contributed by atoms with Gasteiger partial charge in [-0.2, -0.15) is 0 Å². The van der Waals surface area contributed by atoms with Crippen LogP contribution < -0.4 is 15.5 Å². The second kappa shape index (κ2) is 7.17. The van der Waals surface area contributed by atoms with Crippen LogP contribution in [0.4, 0.5) is 19.3 Å². The van der Waals surface area contributed by atoms with E-state index in [4.69, 9.17) is 0 Å². The second-order valence-corrected chi connectivity index (χ2v) is 9.24. The highest BCUT2D eigenvalue weighted by Crippen LogP contribution is 2.51. The van der Waals surface area contributed by atoms with Gasteiger partial charge in [0.05, 0.1) is 11.5 Å². The Labute approximate surface area is 179 Å². The molecule has 4 aliphatic rings. The number of carbonyl (C=O) groups excluding carboxylic acids is 3. The number of amides is 4. The highest BCUT2D eigenvalue weighted by Gasteiger charge is 2.57. The monoisotopic (exact) mass is 432 g/mol. The lowest BCUT2D eigenvalue weighted by molar-refractivity contribution is -0.137. The molecule has 3 heterocycles. The zero-order valence-electron chi connectivity index (χ0n) is 17.4. The van der Waals surface area contributed by atoms with Gasteiger partial charge in [-0.25, -0.2) is 13.6 Å². The SMILES string of the molecule is CC1NC(=O)NC(=O)[C@]1(CCC(=O)N1CCN2c3cc(F)cc(F)c3CC2C1)C1CC1. The van der Waals surface area contributed by atoms with Crippen LogP contribution in [-0.4, -0.2) is 54.5 Å². The van der Waals surface area contributed by atoms with Crippen molar-refractivity contribution >= 4 is 23.5 Å². The predicted molar refractivity (Wildman–Crippen MR) is 108 cm³/mol. The quantitative estimate of drug-likeness (QED) is 0.762. The van der Waals surface area contributed by atoms with Gasteiger partial charge in [-0.05, 0) is 44.6 Å². The van der Waals surface area contributed by atoms with Gasteiger partial charge in [0, 0.05) is 49.4 Å². The van der Waals surface area contributed by atoms with Crippen molar-refractivity contribution in [1.29, 1.82) is 0 Å². The van der Waals surface area contributed by atoms with Crippen molar-refractivity contribution in [2.24, 2.45) is 11.3 Å². The number of urea groups is 1. The van der Waals surface area contributed by atoms with Gasteiger partial charge in [0.1, 0.15) is 11.6 Å². The Kier molecular flexibility index (Phi) is 4.67. The molecule has 31 heavy (non-hydrogen) atoms. The molecule has 5 rings (SSSR count). The molecule has 3 atom stereocenters. The zero-order chi connectivity index (χ0) is 21.9. The van der Waals surface area contributed by atoms with Gasteiger partial charge in [0.15, 0.2) is 0 Å². The summed E-state index contributed by atoms with van der Waals surface area (Å²) >= 11 is 0. The van der Waals surface area contributed by atoms with Crippen LogP contribution in [0.25, 0.3) is 0 Å². The van der Waals surface area contributed by atoms with Crippen LogP contribution in [0.3, 0.4) is 0 Å². The Balaban J connectivity index is 1.26. The number of imide groups is 1. The number of hydrogen-bond acceptors (Lipinski definition) is 4. The largest absolute Gasteiger partial charge is 0.364 e. The topological polar surface area (TPSA) is 81.8 Å². The summed E-state index contributed by atoms with van der Waals surface area (Å²) in [6, 6.07) is 1.39. The van der Waals surface area contributed by atoms with Gasteiger partial charge >= 0.3 is 6.03 Å². The molecule has 3 fully saturated rings. The van der Waals surface area contributed by atoms with Gasteiger partial charge in [-0.1, -0.05) is 0 Å². The first-order valence-electron chi connectivity index (χ1n) is 10.9. The lowest BCUT2D eigenvalue weighted by Crippen LogP contribution is -2.64. The zero-order valence-corrected chi connectivity index (χ0v) is 17.4. The van der Waals surface area contributed by atoms with Crippen molar-refractivity contribution in [2.75, 3.05) is 24.5 Å².